The largest absolute Gasteiger partial charge is 0.490 e. The smallest absolute Gasteiger partial charge is 0.336 e. The van der Waals surface area contributed by atoms with Crippen LogP contribution in [0.5, 0.6) is 11.5 Å². The minimum atomic E-state index is -1.02. The van der Waals surface area contributed by atoms with E-state index in [0.29, 0.717) is 38.7 Å². The minimum absolute atomic E-state index is 0.248. The average Bonchev–Trinajstić information content (AvgIpc) is 2.83. The third-order valence-electron chi connectivity index (χ3n) is 5.06. The molecule has 0 spiro atoms. The number of imide groups is 2. The first-order valence-electron chi connectivity index (χ1n) is 10.7. The normalized spacial score (nSPS) is 14.8. The molecule has 4 amide bonds. The number of hydrogen-bond donors (Lipinski definition) is 1. The number of hydrogen-bond acceptors (Lipinski definition) is 5. The Morgan fingerprint density at radius 3 is 2.43 bits per heavy atom. The van der Waals surface area contributed by atoms with Crippen LogP contribution in [0.4, 0.5) is 14.9 Å². The van der Waals surface area contributed by atoms with Crippen LogP contribution in [0.3, 0.4) is 0 Å². The molecule has 0 radical (unpaired) electrons. The van der Waals surface area contributed by atoms with Gasteiger partial charge >= 0.3 is 6.03 Å². The van der Waals surface area contributed by atoms with Crippen LogP contribution in [0.15, 0.2) is 72.3 Å². The summed E-state index contributed by atoms with van der Waals surface area (Å²) in [7, 11) is 0. The lowest BCUT2D eigenvalue weighted by molar-refractivity contribution is -0.122. The van der Waals surface area contributed by atoms with Crippen molar-refractivity contribution in [3.05, 3.63) is 92.8 Å². The van der Waals surface area contributed by atoms with Gasteiger partial charge in [0.15, 0.2) is 11.5 Å². The van der Waals surface area contributed by atoms with Crippen LogP contribution >= 0.6 is 22.6 Å². The number of ether oxygens (including phenoxy) is 2. The first kappa shape index (κ1) is 24.4. The van der Waals surface area contributed by atoms with Crippen molar-refractivity contribution in [1.82, 2.24) is 5.32 Å². The molecule has 9 heteroatoms. The zero-order valence-corrected chi connectivity index (χ0v) is 20.7. The van der Waals surface area contributed by atoms with Crippen molar-refractivity contribution in [2.45, 2.75) is 13.5 Å². The highest BCUT2D eigenvalue weighted by atomic mass is 127. The van der Waals surface area contributed by atoms with Crippen molar-refractivity contribution < 1.29 is 28.2 Å². The number of nitrogens with one attached hydrogen (secondary N) is 1. The molecule has 3 aromatic rings. The molecular formula is C26H20FIN2O5. The highest BCUT2D eigenvalue weighted by Crippen LogP contribution is 2.36. The van der Waals surface area contributed by atoms with Crippen molar-refractivity contribution in [2.24, 2.45) is 0 Å². The second-order valence-corrected chi connectivity index (χ2v) is 8.61. The molecule has 0 bridgehead atoms. The number of rotatable bonds is 7. The van der Waals surface area contributed by atoms with E-state index >= 15 is 0 Å². The zero-order valence-electron chi connectivity index (χ0n) is 18.6. The number of carbonyl (C=O) groups excluding carboxylic acids is 3. The lowest BCUT2D eigenvalue weighted by Crippen LogP contribution is -2.54. The van der Waals surface area contributed by atoms with Crippen LogP contribution in [0.25, 0.3) is 6.08 Å². The summed E-state index contributed by atoms with van der Waals surface area (Å²) in [4.78, 5) is 38.5. The zero-order chi connectivity index (χ0) is 24.9. The molecule has 0 aromatic heterocycles. The maximum atomic E-state index is 14.3. The molecule has 178 valence electrons. The van der Waals surface area contributed by atoms with E-state index in [2.05, 4.69) is 27.9 Å². The van der Waals surface area contributed by atoms with Gasteiger partial charge in [0.2, 0.25) is 0 Å². The van der Waals surface area contributed by atoms with Crippen LogP contribution in [0.2, 0.25) is 0 Å². The van der Waals surface area contributed by atoms with E-state index in [9.17, 15) is 18.8 Å². The maximum absolute atomic E-state index is 14.3. The number of barbiturate groups is 1. The van der Waals surface area contributed by atoms with E-state index in [4.69, 9.17) is 9.47 Å². The fourth-order valence-corrected chi connectivity index (χ4v) is 4.26. The Morgan fingerprint density at radius 2 is 1.71 bits per heavy atom. The van der Waals surface area contributed by atoms with E-state index in [1.54, 1.807) is 12.1 Å². The molecule has 0 aliphatic carbocycles. The summed E-state index contributed by atoms with van der Waals surface area (Å²) < 4.78 is 26.7. The van der Waals surface area contributed by atoms with Gasteiger partial charge in [-0.2, -0.15) is 0 Å². The minimum Gasteiger partial charge on any atom is -0.490 e. The Bertz CT molecular complexity index is 1330. The number of urea groups is 1. The average molecular weight is 586 g/mol. The number of anilines is 1. The predicted octanol–water partition coefficient (Wildman–Crippen LogP) is 5.07. The van der Waals surface area contributed by atoms with Crippen molar-refractivity contribution in [3.63, 3.8) is 0 Å². The number of para-hydroxylation sites is 1. The molecule has 7 nitrogen and oxygen atoms in total. The molecule has 1 aliphatic rings. The lowest BCUT2D eigenvalue weighted by Gasteiger charge is -2.26. The summed E-state index contributed by atoms with van der Waals surface area (Å²) in [6.07, 6.45) is 1.34. The predicted molar refractivity (Wildman–Crippen MR) is 137 cm³/mol. The number of benzene rings is 3. The van der Waals surface area contributed by atoms with Gasteiger partial charge in [0, 0.05) is 0 Å². The van der Waals surface area contributed by atoms with Crippen molar-refractivity contribution in [3.8, 4) is 11.5 Å². The van der Waals surface area contributed by atoms with Crippen LogP contribution in [0, 0.1) is 9.39 Å². The van der Waals surface area contributed by atoms with Gasteiger partial charge in [0.25, 0.3) is 11.8 Å². The van der Waals surface area contributed by atoms with Gasteiger partial charge in [-0.05, 0) is 71.0 Å². The Labute approximate surface area is 214 Å². The molecule has 35 heavy (non-hydrogen) atoms. The van der Waals surface area contributed by atoms with Gasteiger partial charge < -0.3 is 9.47 Å². The van der Waals surface area contributed by atoms with Gasteiger partial charge in [-0.25, -0.2) is 14.1 Å². The van der Waals surface area contributed by atoms with E-state index in [1.807, 2.05) is 37.3 Å². The summed E-state index contributed by atoms with van der Waals surface area (Å²) in [5, 5.41) is 2.09. The van der Waals surface area contributed by atoms with E-state index in [0.717, 1.165) is 11.6 Å². The van der Waals surface area contributed by atoms with Crippen molar-refractivity contribution in [1.29, 1.82) is 0 Å². The highest BCUT2D eigenvalue weighted by Gasteiger charge is 2.38. The van der Waals surface area contributed by atoms with Gasteiger partial charge in [0.1, 0.15) is 18.0 Å². The summed E-state index contributed by atoms with van der Waals surface area (Å²) >= 11 is 2.09. The third-order valence-corrected chi connectivity index (χ3v) is 5.87. The molecule has 0 saturated carbocycles. The Kier molecular flexibility index (Phi) is 7.45. The Hall–Kier alpha value is -3.73. The summed E-state index contributed by atoms with van der Waals surface area (Å²) in [5.74, 6) is -1.60. The summed E-state index contributed by atoms with van der Waals surface area (Å²) in [6.45, 7) is 2.53. The lowest BCUT2D eigenvalue weighted by atomic mass is 10.1. The molecule has 0 unspecified atom stereocenters. The standard InChI is InChI=1S/C26H20FIN2O5/c1-2-34-22-14-17(13-20(28)23(22)35-15-16-8-4-3-5-9-16)12-18-24(31)29-26(33)30(25(18)32)21-11-7-6-10-19(21)27/h3-14H,2,15H2,1H3,(H,29,31,33)/b18-12-. The van der Waals surface area contributed by atoms with Crippen molar-refractivity contribution in [2.75, 3.05) is 11.5 Å². The molecule has 1 fully saturated rings. The molecule has 1 saturated heterocycles. The number of halogens is 2. The molecule has 4 rings (SSSR count). The van der Waals surface area contributed by atoms with E-state index in [1.165, 1.54) is 24.3 Å². The van der Waals surface area contributed by atoms with E-state index < -0.39 is 23.7 Å². The quantitative estimate of drug-likeness (QED) is 0.238. The number of carbonyl (C=O) groups is 3. The molecule has 0 atom stereocenters. The van der Waals surface area contributed by atoms with Gasteiger partial charge in [-0.3, -0.25) is 14.9 Å². The fourth-order valence-electron chi connectivity index (χ4n) is 3.48. The monoisotopic (exact) mass is 586 g/mol. The van der Waals surface area contributed by atoms with E-state index in [-0.39, 0.29) is 11.3 Å². The Morgan fingerprint density at radius 1 is 1.00 bits per heavy atom. The summed E-state index contributed by atoms with van der Waals surface area (Å²) in [5.41, 5.74) is 0.900. The number of nitrogens with zero attached hydrogens (tertiary/aromatic N) is 1. The van der Waals surface area contributed by atoms with Gasteiger partial charge in [-0.15, -0.1) is 0 Å². The fraction of sp³-hybridized carbons (Fsp3) is 0.115. The van der Waals surface area contributed by atoms with Gasteiger partial charge in [0.05, 0.1) is 15.9 Å². The van der Waals surface area contributed by atoms with Crippen LogP contribution in [-0.2, 0) is 16.2 Å². The molecular weight excluding hydrogens is 566 g/mol. The molecule has 1 heterocycles. The highest BCUT2D eigenvalue weighted by molar-refractivity contribution is 14.1. The second kappa shape index (κ2) is 10.7. The second-order valence-electron chi connectivity index (χ2n) is 7.45. The Balaban J connectivity index is 1.68. The maximum Gasteiger partial charge on any atom is 0.336 e. The molecule has 3 aromatic carbocycles. The topological polar surface area (TPSA) is 84.9 Å². The molecule has 1 aliphatic heterocycles. The van der Waals surface area contributed by atoms with Crippen molar-refractivity contribution >= 4 is 52.2 Å². The molecule has 1 N–H and O–H groups in total. The van der Waals surface area contributed by atoms with Crippen LogP contribution < -0.4 is 19.7 Å². The first-order valence-corrected chi connectivity index (χ1v) is 11.8. The number of amides is 4. The van der Waals surface area contributed by atoms with Crippen LogP contribution in [0.1, 0.15) is 18.1 Å². The summed E-state index contributed by atoms with van der Waals surface area (Å²) in [6, 6.07) is 17.3. The third kappa shape index (κ3) is 5.35. The first-order chi connectivity index (χ1) is 16.9. The van der Waals surface area contributed by atoms with Crippen LogP contribution in [-0.4, -0.2) is 24.5 Å². The van der Waals surface area contributed by atoms with Gasteiger partial charge in [-0.1, -0.05) is 42.5 Å². The SMILES string of the molecule is CCOc1cc(/C=C2/C(=O)NC(=O)N(c3ccccc3F)C2=O)cc(I)c1OCc1ccccc1.